The number of aromatic nitrogens is 2. The van der Waals surface area contributed by atoms with Gasteiger partial charge in [-0.25, -0.2) is 4.98 Å². The van der Waals surface area contributed by atoms with Crippen molar-refractivity contribution in [2.24, 2.45) is 11.8 Å². The molecule has 8 nitrogen and oxygen atoms in total. The van der Waals surface area contributed by atoms with Gasteiger partial charge in [0.15, 0.2) is 5.82 Å². The molecule has 1 aromatic heterocycles. The zero-order valence-corrected chi connectivity index (χ0v) is 23.5. The molecule has 1 atom stereocenters. The highest BCUT2D eigenvalue weighted by atomic mass is 35.5. The van der Waals surface area contributed by atoms with Crippen molar-refractivity contribution in [3.05, 3.63) is 94.8 Å². The van der Waals surface area contributed by atoms with Crippen LogP contribution in [0.5, 0.6) is 0 Å². The monoisotopic (exact) mass is 568 g/mol. The molecular weight excluding hydrogens is 536 g/mol. The first-order valence-corrected chi connectivity index (χ1v) is 14.6. The molecule has 210 valence electrons. The Balaban J connectivity index is 1.13. The number of allylic oxidation sites excluding steroid dienone is 4. The van der Waals surface area contributed by atoms with Gasteiger partial charge >= 0.3 is 0 Å². The third-order valence-electron chi connectivity index (χ3n) is 8.00. The Morgan fingerprint density at radius 1 is 1.05 bits per heavy atom. The van der Waals surface area contributed by atoms with E-state index in [0.717, 1.165) is 54.7 Å². The zero-order chi connectivity index (χ0) is 28.2. The molecule has 6 rings (SSSR count). The number of carbonyl (C=O) groups is 2. The van der Waals surface area contributed by atoms with Crippen LogP contribution in [0.15, 0.2) is 78.7 Å². The summed E-state index contributed by atoms with van der Waals surface area (Å²) in [4.78, 5) is 36.8. The molecule has 2 aromatic carbocycles. The molecule has 3 aliphatic rings. The van der Waals surface area contributed by atoms with Gasteiger partial charge in [0.2, 0.25) is 11.9 Å². The van der Waals surface area contributed by atoms with E-state index in [1.54, 1.807) is 6.20 Å². The SMILES string of the molecule is O=C(CC1CCN(C(=O)c2ccccc2)CC1)Nc1ccc2cc1CCC1C=CC=C(C1)Nc1ncc(Cl)c(n1)N2. The second-order valence-electron chi connectivity index (χ2n) is 10.9. The number of nitrogens with zero attached hydrogens (tertiary/aromatic N) is 3. The Kier molecular flexibility index (Phi) is 8.00. The molecule has 3 aromatic rings. The fourth-order valence-electron chi connectivity index (χ4n) is 5.74. The van der Waals surface area contributed by atoms with E-state index in [-0.39, 0.29) is 17.7 Å². The van der Waals surface area contributed by atoms with Crippen LogP contribution in [0, 0.1) is 11.8 Å². The first kappa shape index (κ1) is 27.0. The van der Waals surface area contributed by atoms with E-state index in [4.69, 9.17) is 11.6 Å². The third-order valence-corrected chi connectivity index (χ3v) is 8.28. The highest BCUT2D eigenvalue weighted by Gasteiger charge is 2.25. The summed E-state index contributed by atoms with van der Waals surface area (Å²) in [5, 5.41) is 10.3. The summed E-state index contributed by atoms with van der Waals surface area (Å²) < 4.78 is 0. The maximum absolute atomic E-state index is 13.2. The lowest BCUT2D eigenvalue weighted by Gasteiger charge is -2.32. The van der Waals surface area contributed by atoms with Gasteiger partial charge < -0.3 is 20.9 Å². The summed E-state index contributed by atoms with van der Waals surface area (Å²) in [6, 6.07) is 15.3. The Labute approximate surface area is 244 Å². The van der Waals surface area contributed by atoms with E-state index >= 15 is 0 Å². The Morgan fingerprint density at radius 3 is 2.71 bits per heavy atom. The lowest BCUT2D eigenvalue weighted by atomic mass is 9.91. The summed E-state index contributed by atoms with van der Waals surface area (Å²) in [5.74, 6) is 1.70. The van der Waals surface area contributed by atoms with Crippen LogP contribution in [0.2, 0.25) is 5.02 Å². The van der Waals surface area contributed by atoms with Crippen LogP contribution in [0.1, 0.15) is 48.0 Å². The van der Waals surface area contributed by atoms with Gasteiger partial charge in [0.25, 0.3) is 5.91 Å². The number of hydrogen-bond acceptors (Lipinski definition) is 6. The van der Waals surface area contributed by atoms with Crippen molar-refractivity contribution < 1.29 is 9.59 Å². The number of carbonyl (C=O) groups excluding carboxylic acids is 2. The van der Waals surface area contributed by atoms with Gasteiger partial charge in [0.05, 0.1) is 6.20 Å². The highest BCUT2D eigenvalue weighted by molar-refractivity contribution is 6.32. The minimum atomic E-state index is 0.00757. The molecule has 6 bridgehead atoms. The maximum atomic E-state index is 13.2. The van der Waals surface area contributed by atoms with Gasteiger partial charge in [-0.3, -0.25) is 9.59 Å². The Hall–Kier alpha value is -4.17. The van der Waals surface area contributed by atoms with Crippen molar-refractivity contribution in [2.75, 3.05) is 29.0 Å². The number of anilines is 4. The normalized spacial score (nSPS) is 18.5. The van der Waals surface area contributed by atoms with Crippen molar-refractivity contribution in [3.8, 4) is 0 Å². The lowest BCUT2D eigenvalue weighted by Crippen LogP contribution is -2.39. The molecule has 1 unspecified atom stereocenters. The van der Waals surface area contributed by atoms with Crippen molar-refractivity contribution in [1.82, 2.24) is 14.9 Å². The van der Waals surface area contributed by atoms with Gasteiger partial charge in [-0.1, -0.05) is 42.0 Å². The number of piperidine rings is 1. The van der Waals surface area contributed by atoms with Gasteiger partial charge in [-0.05, 0) is 85.9 Å². The third kappa shape index (κ3) is 6.60. The molecule has 0 radical (unpaired) electrons. The predicted octanol–water partition coefficient (Wildman–Crippen LogP) is 6.57. The minimum absolute atomic E-state index is 0.00757. The fraction of sp³-hybridized carbons (Fsp3) is 0.312. The van der Waals surface area contributed by atoms with E-state index < -0.39 is 0 Å². The Morgan fingerprint density at radius 2 is 1.88 bits per heavy atom. The van der Waals surface area contributed by atoms with Crippen LogP contribution < -0.4 is 16.0 Å². The van der Waals surface area contributed by atoms with E-state index in [2.05, 4.69) is 50.2 Å². The molecule has 0 spiro atoms. The van der Waals surface area contributed by atoms with Crippen LogP contribution in [-0.4, -0.2) is 39.8 Å². The van der Waals surface area contributed by atoms with Crippen molar-refractivity contribution in [2.45, 2.75) is 38.5 Å². The molecule has 1 fully saturated rings. The number of likely N-dealkylation sites (tertiary alicyclic amines) is 1. The average Bonchev–Trinajstić information content (AvgIpc) is 2.99. The molecule has 0 saturated carbocycles. The molecule has 3 heterocycles. The smallest absolute Gasteiger partial charge is 0.253 e. The Bertz CT molecular complexity index is 1500. The van der Waals surface area contributed by atoms with Crippen LogP contribution >= 0.6 is 11.6 Å². The van der Waals surface area contributed by atoms with Crippen LogP contribution in [-0.2, 0) is 11.2 Å². The lowest BCUT2D eigenvalue weighted by molar-refractivity contribution is -0.117. The van der Waals surface area contributed by atoms with E-state index in [1.807, 2.05) is 47.4 Å². The summed E-state index contributed by atoms with van der Waals surface area (Å²) in [6.07, 6.45) is 12.6. The average molecular weight is 569 g/mol. The van der Waals surface area contributed by atoms with Gasteiger partial charge in [0, 0.05) is 42.1 Å². The quantitative estimate of drug-likeness (QED) is 0.329. The van der Waals surface area contributed by atoms with Crippen molar-refractivity contribution in [3.63, 3.8) is 0 Å². The van der Waals surface area contributed by atoms with Crippen LogP contribution in [0.25, 0.3) is 0 Å². The molecule has 2 amide bonds. The molecule has 1 aliphatic carbocycles. The number of amides is 2. The summed E-state index contributed by atoms with van der Waals surface area (Å²) in [6.45, 7) is 1.34. The van der Waals surface area contributed by atoms with E-state index in [0.29, 0.717) is 47.8 Å². The first-order valence-electron chi connectivity index (χ1n) is 14.2. The molecule has 3 N–H and O–H groups in total. The highest BCUT2D eigenvalue weighted by Crippen LogP contribution is 2.32. The molecule has 41 heavy (non-hydrogen) atoms. The zero-order valence-electron chi connectivity index (χ0n) is 22.8. The largest absolute Gasteiger partial charge is 0.339 e. The summed E-state index contributed by atoms with van der Waals surface area (Å²) in [7, 11) is 0. The van der Waals surface area contributed by atoms with Gasteiger partial charge in [-0.15, -0.1) is 0 Å². The minimum Gasteiger partial charge on any atom is -0.339 e. The maximum Gasteiger partial charge on any atom is 0.253 e. The molecular formula is C32H33ClN6O2. The number of nitrogens with one attached hydrogen (secondary N) is 3. The fourth-order valence-corrected chi connectivity index (χ4v) is 5.88. The topological polar surface area (TPSA) is 99.3 Å². The number of aryl methyl sites for hydroxylation is 1. The number of fused-ring (bicyclic) bond motifs is 6. The summed E-state index contributed by atoms with van der Waals surface area (Å²) >= 11 is 6.40. The van der Waals surface area contributed by atoms with Crippen molar-refractivity contribution >= 4 is 46.6 Å². The van der Waals surface area contributed by atoms with Gasteiger partial charge in [-0.2, -0.15) is 4.98 Å². The number of halogens is 1. The molecule has 9 heteroatoms. The van der Waals surface area contributed by atoms with Gasteiger partial charge in [0.1, 0.15) is 5.02 Å². The number of rotatable bonds is 4. The predicted molar refractivity (Wildman–Crippen MR) is 162 cm³/mol. The standard InChI is InChI=1S/C32H33ClN6O2/c33-27-20-34-32-36-25-8-4-5-21(17-25)9-10-24-19-26(35-30(27)38-32)11-12-28(24)37-29(40)18-22-13-15-39(16-14-22)31(41)23-6-2-1-3-7-23/h1-8,11-12,19-22H,9-10,13-18H2,(H,37,40)(H2,34,35,36,38). The second kappa shape index (κ2) is 12.1. The second-order valence-corrected chi connectivity index (χ2v) is 11.4. The van der Waals surface area contributed by atoms with Crippen molar-refractivity contribution in [1.29, 1.82) is 0 Å². The van der Waals surface area contributed by atoms with E-state index in [1.165, 1.54) is 0 Å². The van der Waals surface area contributed by atoms with E-state index in [9.17, 15) is 9.59 Å². The number of benzene rings is 2. The molecule has 2 aliphatic heterocycles. The molecule has 1 saturated heterocycles. The van der Waals surface area contributed by atoms with Crippen LogP contribution in [0.4, 0.5) is 23.1 Å². The number of hydrogen-bond donors (Lipinski definition) is 3. The first-order chi connectivity index (χ1) is 20.0. The summed E-state index contributed by atoms with van der Waals surface area (Å²) in [5.41, 5.74) is 4.51. The van der Waals surface area contributed by atoms with Crippen LogP contribution in [0.3, 0.4) is 0 Å².